The molecule has 0 amide bonds. The Kier molecular flexibility index (Phi) is 10.8. The molecule has 0 fully saturated rings. The van der Waals surface area contributed by atoms with Gasteiger partial charge in [-0.1, -0.05) is 81.3 Å². The first kappa shape index (κ1) is 22.2. The lowest BCUT2D eigenvalue weighted by atomic mass is 10.1. The molecule has 0 bridgehead atoms. The fourth-order valence-electron chi connectivity index (χ4n) is 3.16. The average molecular weight is 411 g/mol. The minimum atomic E-state index is 0.624. The predicted molar refractivity (Wildman–Crippen MR) is 118 cm³/mol. The van der Waals surface area contributed by atoms with Crippen molar-refractivity contribution in [2.45, 2.75) is 64.7 Å². The Morgan fingerprint density at radius 3 is 2.11 bits per heavy atom. The van der Waals surface area contributed by atoms with Crippen LogP contribution in [0.25, 0.3) is 10.8 Å². The first-order chi connectivity index (χ1) is 13.3. The zero-order chi connectivity index (χ0) is 19.3. The van der Waals surface area contributed by atoms with Gasteiger partial charge in [-0.15, -0.1) is 11.6 Å². The Balaban J connectivity index is 1.98. The Hall–Kier alpha value is -1.12. The smallest absolute Gasteiger partial charge is 0.145 e. The molecule has 2 rings (SSSR count). The highest BCUT2D eigenvalue weighted by molar-refractivity contribution is 6.33. The van der Waals surface area contributed by atoms with E-state index < -0.39 is 0 Å². The van der Waals surface area contributed by atoms with Gasteiger partial charge in [0.15, 0.2) is 0 Å². The molecule has 0 saturated carbocycles. The normalized spacial score (nSPS) is 11.1. The summed E-state index contributed by atoms with van der Waals surface area (Å²) in [5.74, 6) is 2.35. The maximum atomic E-state index is 6.53. The van der Waals surface area contributed by atoms with Gasteiger partial charge in [0.2, 0.25) is 0 Å². The van der Waals surface area contributed by atoms with Gasteiger partial charge >= 0.3 is 0 Å². The van der Waals surface area contributed by atoms with Crippen LogP contribution in [-0.4, -0.2) is 19.1 Å². The second-order valence-corrected chi connectivity index (χ2v) is 7.73. The summed E-state index contributed by atoms with van der Waals surface area (Å²) in [5, 5.41) is 2.71. The van der Waals surface area contributed by atoms with Gasteiger partial charge in [-0.2, -0.15) is 0 Å². The van der Waals surface area contributed by atoms with Gasteiger partial charge in [-0.3, -0.25) is 0 Å². The molecule has 27 heavy (non-hydrogen) atoms. The van der Waals surface area contributed by atoms with Crippen molar-refractivity contribution in [3.8, 4) is 11.5 Å². The third-order valence-corrected chi connectivity index (χ3v) is 5.24. The van der Waals surface area contributed by atoms with Crippen LogP contribution in [0.15, 0.2) is 30.3 Å². The third kappa shape index (κ3) is 7.43. The Morgan fingerprint density at radius 2 is 1.41 bits per heavy atom. The second kappa shape index (κ2) is 13.1. The van der Waals surface area contributed by atoms with Crippen molar-refractivity contribution in [2.24, 2.45) is 0 Å². The molecule has 0 aliphatic rings. The van der Waals surface area contributed by atoms with Crippen molar-refractivity contribution in [1.29, 1.82) is 0 Å². The number of alkyl halides is 1. The van der Waals surface area contributed by atoms with Crippen molar-refractivity contribution in [3.63, 3.8) is 0 Å². The molecule has 0 atom stereocenters. The summed E-state index contributed by atoms with van der Waals surface area (Å²) < 4.78 is 12.1. The summed E-state index contributed by atoms with van der Waals surface area (Å²) in [6.07, 6.45) is 10.5. The molecule has 0 heterocycles. The Bertz CT molecular complexity index is 673. The van der Waals surface area contributed by atoms with E-state index in [0.29, 0.717) is 18.2 Å². The molecule has 0 N–H and O–H groups in total. The molecular weight excluding hydrogens is 379 g/mol. The van der Waals surface area contributed by atoms with Crippen LogP contribution < -0.4 is 9.47 Å². The molecule has 4 heteroatoms. The number of fused-ring (bicyclic) bond motifs is 1. The lowest BCUT2D eigenvalue weighted by molar-refractivity contribution is 0.302. The molecule has 0 aliphatic heterocycles. The molecule has 150 valence electrons. The maximum absolute atomic E-state index is 6.53. The van der Waals surface area contributed by atoms with Crippen molar-refractivity contribution in [3.05, 3.63) is 35.4 Å². The maximum Gasteiger partial charge on any atom is 0.145 e. The van der Waals surface area contributed by atoms with Crippen molar-refractivity contribution < 1.29 is 9.47 Å². The summed E-state index contributed by atoms with van der Waals surface area (Å²) >= 11 is 12.3. The molecule has 0 spiro atoms. The standard InChI is InChI=1S/C23H32Cl2O2/c1-2-3-4-6-12-17-27-23-20-14-9-8-13-19(20)22(18-21(23)25)26-16-11-7-5-10-15-24/h8-9,13-14,18H,2-7,10-12,15-17H2,1H3. The largest absolute Gasteiger partial charge is 0.493 e. The molecule has 2 nitrogen and oxygen atoms in total. The van der Waals surface area contributed by atoms with Gasteiger partial charge in [0.05, 0.1) is 18.2 Å². The number of hydrogen-bond acceptors (Lipinski definition) is 2. The molecule has 0 aliphatic carbocycles. The summed E-state index contributed by atoms with van der Waals surface area (Å²) in [4.78, 5) is 0. The quantitative estimate of drug-likeness (QED) is 0.231. The van der Waals surface area contributed by atoms with Gasteiger partial charge in [0.25, 0.3) is 0 Å². The number of rotatable bonds is 14. The molecule has 0 radical (unpaired) electrons. The van der Waals surface area contributed by atoms with Crippen LogP contribution in [0.3, 0.4) is 0 Å². The highest BCUT2D eigenvalue weighted by Crippen LogP contribution is 2.39. The topological polar surface area (TPSA) is 18.5 Å². The van der Waals surface area contributed by atoms with Crippen LogP contribution in [0.4, 0.5) is 0 Å². The van der Waals surface area contributed by atoms with E-state index in [1.807, 2.05) is 18.2 Å². The number of ether oxygens (including phenoxy) is 2. The van der Waals surface area contributed by atoms with E-state index in [1.165, 1.54) is 25.7 Å². The molecule has 2 aromatic carbocycles. The van der Waals surface area contributed by atoms with Crippen LogP contribution in [0, 0.1) is 0 Å². The van der Waals surface area contributed by atoms with Gasteiger partial charge in [0.1, 0.15) is 11.5 Å². The van der Waals surface area contributed by atoms with E-state index >= 15 is 0 Å². The second-order valence-electron chi connectivity index (χ2n) is 6.95. The molecule has 0 saturated heterocycles. The molecule has 0 aromatic heterocycles. The SMILES string of the molecule is CCCCCCCOc1c(Cl)cc(OCCCCCCCl)c2ccccc12. The van der Waals surface area contributed by atoms with Crippen LogP contribution in [0.1, 0.15) is 64.7 Å². The highest BCUT2D eigenvalue weighted by Gasteiger charge is 2.13. The third-order valence-electron chi connectivity index (χ3n) is 4.69. The fraction of sp³-hybridized carbons (Fsp3) is 0.565. The van der Waals surface area contributed by atoms with Crippen molar-refractivity contribution in [1.82, 2.24) is 0 Å². The van der Waals surface area contributed by atoms with Gasteiger partial charge in [-0.05, 0) is 19.3 Å². The minimum absolute atomic E-state index is 0.624. The van der Waals surface area contributed by atoms with Gasteiger partial charge < -0.3 is 9.47 Å². The van der Waals surface area contributed by atoms with Crippen molar-refractivity contribution in [2.75, 3.05) is 19.1 Å². The highest BCUT2D eigenvalue weighted by atomic mass is 35.5. The molecule has 0 unspecified atom stereocenters. The Labute approximate surface area is 174 Å². The van der Waals surface area contributed by atoms with Crippen molar-refractivity contribution >= 4 is 34.0 Å². The zero-order valence-corrected chi connectivity index (χ0v) is 18.0. The van der Waals surface area contributed by atoms with E-state index in [9.17, 15) is 0 Å². The minimum Gasteiger partial charge on any atom is -0.493 e. The van der Waals surface area contributed by atoms with E-state index in [1.54, 1.807) is 0 Å². The predicted octanol–water partition coefficient (Wildman–Crippen LogP) is 8.02. The lowest BCUT2D eigenvalue weighted by Gasteiger charge is -2.15. The number of hydrogen-bond donors (Lipinski definition) is 0. The summed E-state index contributed by atoms with van der Waals surface area (Å²) in [6, 6.07) is 10.1. The number of halogens is 2. The van der Waals surface area contributed by atoms with Gasteiger partial charge in [-0.25, -0.2) is 0 Å². The average Bonchev–Trinajstić information content (AvgIpc) is 2.69. The fourth-order valence-corrected chi connectivity index (χ4v) is 3.61. The Morgan fingerprint density at radius 1 is 0.778 bits per heavy atom. The van der Waals surface area contributed by atoms with Crippen LogP contribution in [0.2, 0.25) is 5.02 Å². The summed E-state index contributed by atoms with van der Waals surface area (Å²) in [5.41, 5.74) is 0. The van der Waals surface area contributed by atoms with Crippen LogP contribution in [-0.2, 0) is 0 Å². The summed E-state index contributed by atoms with van der Waals surface area (Å²) in [6.45, 7) is 3.63. The van der Waals surface area contributed by atoms with Crippen LogP contribution >= 0.6 is 23.2 Å². The van der Waals surface area contributed by atoms with E-state index in [2.05, 4.69) is 19.1 Å². The monoisotopic (exact) mass is 410 g/mol. The van der Waals surface area contributed by atoms with Gasteiger partial charge in [0, 0.05) is 22.7 Å². The molecule has 2 aromatic rings. The first-order valence-corrected chi connectivity index (χ1v) is 11.2. The van der Waals surface area contributed by atoms with Crippen LogP contribution in [0.5, 0.6) is 11.5 Å². The zero-order valence-electron chi connectivity index (χ0n) is 16.4. The number of unbranched alkanes of at least 4 members (excludes halogenated alkanes) is 7. The molecular formula is C23H32Cl2O2. The van der Waals surface area contributed by atoms with E-state index in [4.69, 9.17) is 32.7 Å². The first-order valence-electron chi connectivity index (χ1n) is 10.3. The number of benzene rings is 2. The summed E-state index contributed by atoms with van der Waals surface area (Å²) in [7, 11) is 0. The van der Waals surface area contributed by atoms with E-state index in [-0.39, 0.29) is 0 Å². The lowest BCUT2D eigenvalue weighted by Crippen LogP contribution is -2.01. The van der Waals surface area contributed by atoms with E-state index in [0.717, 1.165) is 60.3 Å².